The van der Waals surface area contributed by atoms with Gasteiger partial charge in [0.1, 0.15) is 5.69 Å². The van der Waals surface area contributed by atoms with E-state index in [2.05, 4.69) is 16.9 Å². The first kappa shape index (κ1) is 17.1. The standard InChI is InChI=1S/C17H23N3O3S/c1-19(7-3-10-21)13-5-8-20(9-6-13)17(22)14-12-24-16(18-14)15-4-2-11-23-15/h2,4,11-13,21H,3,5-10H2,1H3. The first-order valence-electron chi connectivity index (χ1n) is 8.29. The number of likely N-dealkylation sites (tertiary alicyclic amines) is 1. The van der Waals surface area contributed by atoms with Crippen molar-refractivity contribution in [3.63, 3.8) is 0 Å². The lowest BCUT2D eigenvalue weighted by Crippen LogP contribution is -2.45. The average Bonchev–Trinajstić information content (AvgIpc) is 3.30. The van der Waals surface area contributed by atoms with E-state index in [1.165, 1.54) is 11.3 Å². The maximum absolute atomic E-state index is 12.6. The highest BCUT2D eigenvalue weighted by Crippen LogP contribution is 2.25. The highest BCUT2D eigenvalue weighted by atomic mass is 32.1. The Morgan fingerprint density at radius 3 is 2.96 bits per heavy atom. The Balaban J connectivity index is 1.56. The molecule has 3 heterocycles. The van der Waals surface area contributed by atoms with Gasteiger partial charge in [-0.05, 0) is 38.4 Å². The third-order valence-corrected chi connectivity index (χ3v) is 5.36. The van der Waals surface area contributed by atoms with Crippen molar-refractivity contribution in [2.45, 2.75) is 25.3 Å². The molecule has 0 saturated carbocycles. The monoisotopic (exact) mass is 349 g/mol. The molecule has 1 aliphatic rings. The fourth-order valence-electron chi connectivity index (χ4n) is 3.06. The van der Waals surface area contributed by atoms with Gasteiger partial charge in [0, 0.05) is 37.7 Å². The first-order valence-corrected chi connectivity index (χ1v) is 9.17. The van der Waals surface area contributed by atoms with Crippen molar-refractivity contribution in [3.8, 4) is 10.8 Å². The Bertz CT molecular complexity index is 648. The number of furan rings is 1. The van der Waals surface area contributed by atoms with Gasteiger partial charge in [-0.25, -0.2) is 4.98 Å². The minimum Gasteiger partial charge on any atom is -0.462 e. The number of nitrogens with zero attached hydrogens (tertiary/aromatic N) is 3. The maximum Gasteiger partial charge on any atom is 0.273 e. The van der Waals surface area contributed by atoms with E-state index in [1.807, 2.05) is 17.0 Å². The molecule has 0 aliphatic carbocycles. The molecule has 6 nitrogen and oxygen atoms in total. The summed E-state index contributed by atoms with van der Waals surface area (Å²) >= 11 is 1.43. The number of aromatic nitrogens is 1. The Morgan fingerprint density at radius 1 is 1.50 bits per heavy atom. The van der Waals surface area contributed by atoms with Crippen LogP contribution < -0.4 is 0 Å². The predicted octanol–water partition coefficient (Wildman–Crippen LogP) is 2.32. The van der Waals surface area contributed by atoms with Gasteiger partial charge in [-0.3, -0.25) is 4.79 Å². The summed E-state index contributed by atoms with van der Waals surface area (Å²) in [5, 5.41) is 11.5. The van der Waals surface area contributed by atoms with Crippen LogP contribution in [-0.2, 0) is 0 Å². The molecule has 0 unspecified atom stereocenters. The second-order valence-corrected chi connectivity index (χ2v) is 6.95. The van der Waals surface area contributed by atoms with Crippen LogP contribution in [0.2, 0.25) is 0 Å². The van der Waals surface area contributed by atoms with Crippen LogP contribution in [0, 0.1) is 0 Å². The molecule has 2 aromatic heterocycles. The average molecular weight is 349 g/mol. The molecule has 1 N–H and O–H groups in total. The van der Waals surface area contributed by atoms with Gasteiger partial charge < -0.3 is 19.3 Å². The van der Waals surface area contributed by atoms with E-state index in [1.54, 1.807) is 11.6 Å². The number of rotatable bonds is 6. The highest BCUT2D eigenvalue weighted by molar-refractivity contribution is 7.13. The molecule has 1 aliphatic heterocycles. The molecule has 0 atom stereocenters. The van der Waals surface area contributed by atoms with Crippen LogP contribution in [0.15, 0.2) is 28.2 Å². The Morgan fingerprint density at radius 2 is 2.29 bits per heavy atom. The zero-order valence-electron chi connectivity index (χ0n) is 13.9. The summed E-state index contributed by atoms with van der Waals surface area (Å²) in [6.07, 6.45) is 4.33. The topological polar surface area (TPSA) is 69.8 Å². The van der Waals surface area contributed by atoms with Crippen molar-refractivity contribution in [2.75, 3.05) is 33.3 Å². The van der Waals surface area contributed by atoms with Crippen LogP contribution in [0.4, 0.5) is 0 Å². The van der Waals surface area contributed by atoms with Crippen LogP contribution in [0.25, 0.3) is 10.8 Å². The van der Waals surface area contributed by atoms with E-state index in [-0.39, 0.29) is 12.5 Å². The lowest BCUT2D eigenvalue weighted by molar-refractivity contribution is 0.0636. The fourth-order valence-corrected chi connectivity index (χ4v) is 3.82. The summed E-state index contributed by atoms with van der Waals surface area (Å²) in [7, 11) is 2.09. The van der Waals surface area contributed by atoms with Crippen LogP contribution in [0.1, 0.15) is 29.8 Å². The summed E-state index contributed by atoms with van der Waals surface area (Å²) in [6.45, 7) is 2.62. The smallest absolute Gasteiger partial charge is 0.273 e. The maximum atomic E-state index is 12.6. The van der Waals surface area contributed by atoms with Gasteiger partial charge in [-0.1, -0.05) is 0 Å². The summed E-state index contributed by atoms with van der Waals surface area (Å²) in [5.41, 5.74) is 0.499. The largest absolute Gasteiger partial charge is 0.462 e. The third-order valence-electron chi connectivity index (χ3n) is 4.50. The molecular formula is C17H23N3O3S. The van der Waals surface area contributed by atoms with E-state index in [0.717, 1.165) is 43.9 Å². The number of hydrogen-bond acceptors (Lipinski definition) is 6. The summed E-state index contributed by atoms with van der Waals surface area (Å²) in [4.78, 5) is 21.2. The lowest BCUT2D eigenvalue weighted by Gasteiger charge is -2.36. The molecule has 0 bridgehead atoms. The van der Waals surface area contributed by atoms with Crippen molar-refractivity contribution >= 4 is 17.2 Å². The normalized spacial score (nSPS) is 16.0. The number of carbonyl (C=O) groups is 1. The second-order valence-electron chi connectivity index (χ2n) is 6.10. The van der Waals surface area contributed by atoms with Crippen molar-refractivity contribution in [3.05, 3.63) is 29.5 Å². The molecule has 1 amide bonds. The Kier molecular flexibility index (Phi) is 5.65. The van der Waals surface area contributed by atoms with Crippen molar-refractivity contribution < 1.29 is 14.3 Å². The van der Waals surface area contributed by atoms with Gasteiger partial charge in [0.15, 0.2) is 10.8 Å². The minimum atomic E-state index is 0.000479. The molecule has 2 aromatic rings. The van der Waals surface area contributed by atoms with Gasteiger partial charge in [-0.15, -0.1) is 11.3 Å². The van der Waals surface area contributed by atoms with Crippen molar-refractivity contribution in [1.82, 2.24) is 14.8 Å². The summed E-state index contributed by atoms with van der Waals surface area (Å²) in [6, 6.07) is 4.14. The molecule has 0 radical (unpaired) electrons. The number of amides is 1. The minimum absolute atomic E-state index is 0.000479. The first-order chi connectivity index (χ1) is 11.7. The van der Waals surface area contributed by atoms with Gasteiger partial charge in [-0.2, -0.15) is 0 Å². The molecule has 24 heavy (non-hydrogen) atoms. The van der Waals surface area contributed by atoms with E-state index < -0.39 is 0 Å². The summed E-state index contributed by atoms with van der Waals surface area (Å²) < 4.78 is 5.33. The number of aliphatic hydroxyl groups excluding tert-OH is 1. The van der Waals surface area contributed by atoms with E-state index >= 15 is 0 Å². The van der Waals surface area contributed by atoms with E-state index in [9.17, 15) is 4.79 Å². The van der Waals surface area contributed by atoms with Crippen molar-refractivity contribution in [1.29, 1.82) is 0 Å². The quantitative estimate of drug-likeness (QED) is 0.867. The van der Waals surface area contributed by atoms with Gasteiger partial charge in [0.25, 0.3) is 5.91 Å². The number of hydrogen-bond donors (Lipinski definition) is 1. The SMILES string of the molecule is CN(CCCO)C1CCN(C(=O)c2csc(-c3ccco3)n2)CC1. The Hall–Kier alpha value is -1.70. The molecule has 7 heteroatoms. The molecule has 130 valence electrons. The summed E-state index contributed by atoms with van der Waals surface area (Å²) in [5.74, 6) is 0.698. The zero-order chi connectivity index (χ0) is 16.9. The van der Waals surface area contributed by atoms with Crippen LogP contribution >= 0.6 is 11.3 Å². The molecule has 0 aromatic carbocycles. The van der Waals surface area contributed by atoms with Gasteiger partial charge in [0.2, 0.25) is 0 Å². The van der Waals surface area contributed by atoms with Crippen molar-refractivity contribution in [2.24, 2.45) is 0 Å². The van der Waals surface area contributed by atoms with Crippen LogP contribution in [0.3, 0.4) is 0 Å². The van der Waals surface area contributed by atoms with Gasteiger partial charge in [0.05, 0.1) is 6.26 Å². The molecule has 1 saturated heterocycles. The molecule has 1 fully saturated rings. The number of aliphatic hydroxyl groups is 1. The zero-order valence-corrected chi connectivity index (χ0v) is 14.7. The number of thiazole rings is 1. The molecule has 0 spiro atoms. The third kappa shape index (κ3) is 3.85. The van der Waals surface area contributed by atoms with E-state index in [4.69, 9.17) is 9.52 Å². The number of piperidine rings is 1. The highest BCUT2D eigenvalue weighted by Gasteiger charge is 2.27. The molecule has 3 rings (SSSR count). The second kappa shape index (κ2) is 7.92. The molecular weight excluding hydrogens is 326 g/mol. The van der Waals surface area contributed by atoms with Crippen LogP contribution in [-0.4, -0.2) is 65.1 Å². The van der Waals surface area contributed by atoms with Gasteiger partial charge >= 0.3 is 0 Å². The van der Waals surface area contributed by atoms with E-state index in [0.29, 0.717) is 17.5 Å². The lowest BCUT2D eigenvalue weighted by atomic mass is 10.0. The predicted molar refractivity (Wildman–Crippen MR) is 93.1 cm³/mol. The fraction of sp³-hybridized carbons (Fsp3) is 0.529. The number of carbonyl (C=O) groups excluding carboxylic acids is 1. The van der Waals surface area contributed by atoms with Crippen LogP contribution in [0.5, 0.6) is 0 Å². The Labute approximate surface area is 145 Å².